The van der Waals surface area contributed by atoms with Gasteiger partial charge in [0.05, 0.1) is 13.2 Å². The van der Waals surface area contributed by atoms with Gasteiger partial charge in [-0.3, -0.25) is 0 Å². The fourth-order valence-corrected chi connectivity index (χ4v) is 1.81. The lowest BCUT2D eigenvalue weighted by Gasteiger charge is -2.22. The molecular formula is C12H20ClN3O2. The SMILES string of the molecule is CCCc1nc(Cl)cc(N(CCO)CCOC)n1. The highest BCUT2D eigenvalue weighted by atomic mass is 35.5. The number of aliphatic hydroxyl groups is 1. The lowest BCUT2D eigenvalue weighted by atomic mass is 10.3. The average molecular weight is 274 g/mol. The van der Waals surface area contributed by atoms with Gasteiger partial charge in [-0.1, -0.05) is 18.5 Å². The molecule has 1 aromatic rings. The molecule has 6 heteroatoms. The Hall–Kier alpha value is -0.910. The van der Waals surface area contributed by atoms with E-state index in [4.69, 9.17) is 21.4 Å². The van der Waals surface area contributed by atoms with Gasteiger partial charge in [0.25, 0.3) is 0 Å². The van der Waals surface area contributed by atoms with Crippen molar-refractivity contribution in [2.24, 2.45) is 0 Å². The Morgan fingerprint density at radius 3 is 2.78 bits per heavy atom. The molecule has 1 heterocycles. The van der Waals surface area contributed by atoms with Crippen LogP contribution in [0.1, 0.15) is 19.2 Å². The highest BCUT2D eigenvalue weighted by molar-refractivity contribution is 6.29. The van der Waals surface area contributed by atoms with Crippen LogP contribution in [-0.4, -0.2) is 48.5 Å². The molecule has 0 aliphatic carbocycles. The molecular weight excluding hydrogens is 254 g/mol. The Morgan fingerprint density at radius 2 is 2.17 bits per heavy atom. The van der Waals surface area contributed by atoms with E-state index in [0.717, 1.165) is 24.5 Å². The number of aryl methyl sites for hydroxylation is 1. The van der Waals surface area contributed by atoms with Gasteiger partial charge < -0.3 is 14.7 Å². The van der Waals surface area contributed by atoms with Crippen LogP contribution in [-0.2, 0) is 11.2 Å². The average Bonchev–Trinajstić information content (AvgIpc) is 2.34. The smallest absolute Gasteiger partial charge is 0.134 e. The van der Waals surface area contributed by atoms with Crippen molar-refractivity contribution >= 4 is 17.4 Å². The van der Waals surface area contributed by atoms with Crippen LogP contribution in [0.2, 0.25) is 5.15 Å². The molecule has 0 amide bonds. The maximum atomic E-state index is 9.08. The van der Waals surface area contributed by atoms with Crippen LogP contribution < -0.4 is 4.90 Å². The van der Waals surface area contributed by atoms with Crippen LogP contribution in [0.15, 0.2) is 6.07 Å². The van der Waals surface area contributed by atoms with Crippen molar-refractivity contribution in [1.29, 1.82) is 0 Å². The van der Waals surface area contributed by atoms with E-state index in [2.05, 4.69) is 16.9 Å². The highest BCUT2D eigenvalue weighted by Gasteiger charge is 2.10. The first kappa shape index (κ1) is 15.1. The summed E-state index contributed by atoms with van der Waals surface area (Å²) < 4.78 is 5.05. The number of aromatic nitrogens is 2. The molecule has 1 rings (SSSR count). The normalized spacial score (nSPS) is 10.7. The van der Waals surface area contributed by atoms with E-state index in [1.807, 2.05) is 4.90 Å². The second kappa shape index (κ2) is 8.24. The zero-order valence-electron chi connectivity index (χ0n) is 10.9. The quantitative estimate of drug-likeness (QED) is 0.728. The first-order valence-corrected chi connectivity index (χ1v) is 6.47. The zero-order chi connectivity index (χ0) is 13.4. The predicted molar refractivity (Wildman–Crippen MR) is 72.2 cm³/mol. The molecule has 1 aromatic heterocycles. The van der Waals surface area contributed by atoms with Gasteiger partial charge in [-0.25, -0.2) is 9.97 Å². The molecule has 0 saturated heterocycles. The van der Waals surface area contributed by atoms with Crippen LogP contribution in [0.3, 0.4) is 0 Å². The molecule has 0 spiro atoms. The van der Waals surface area contributed by atoms with Gasteiger partial charge in [-0.2, -0.15) is 0 Å². The van der Waals surface area contributed by atoms with Crippen LogP contribution in [0.25, 0.3) is 0 Å². The van der Waals surface area contributed by atoms with Crippen LogP contribution >= 0.6 is 11.6 Å². The van der Waals surface area contributed by atoms with Crippen molar-refractivity contribution in [3.63, 3.8) is 0 Å². The van der Waals surface area contributed by atoms with E-state index >= 15 is 0 Å². The predicted octanol–water partition coefficient (Wildman–Crippen LogP) is 1.53. The number of hydrogen-bond acceptors (Lipinski definition) is 5. The van der Waals surface area contributed by atoms with Crippen molar-refractivity contribution in [2.75, 3.05) is 38.3 Å². The molecule has 0 bridgehead atoms. The number of anilines is 1. The molecule has 18 heavy (non-hydrogen) atoms. The number of aliphatic hydroxyl groups excluding tert-OH is 1. The third-order valence-electron chi connectivity index (χ3n) is 2.46. The lowest BCUT2D eigenvalue weighted by molar-refractivity contribution is 0.202. The lowest BCUT2D eigenvalue weighted by Crippen LogP contribution is -2.31. The maximum absolute atomic E-state index is 9.08. The summed E-state index contributed by atoms with van der Waals surface area (Å²) >= 11 is 5.99. The summed E-state index contributed by atoms with van der Waals surface area (Å²) in [5.41, 5.74) is 0. The first-order valence-electron chi connectivity index (χ1n) is 6.09. The van der Waals surface area contributed by atoms with Gasteiger partial charge in [0.1, 0.15) is 16.8 Å². The summed E-state index contributed by atoms with van der Waals surface area (Å²) in [7, 11) is 1.65. The molecule has 0 aromatic carbocycles. The summed E-state index contributed by atoms with van der Waals surface area (Å²) in [6.45, 7) is 3.87. The number of hydrogen-bond donors (Lipinski definition) is 1. The molecule has 0 aliphatic heterocycles. The topological polar surface area (TPSA) is 58.5 Å². The van der Waals surface area contributed by atoms with Crippen molar-refractivity contribution in [1.82, 2.24) is 9.97 Å². The molecule has 0 fully saturated rings. The Balaban J connectivity index is 2.87. The second-order valence-corrected chi connectivity index (χ2v) is 4.31. The van der Waals surface area contributed by atoms with Gasteiger partial charge in [0.2, 0.25) is 0 Å². The Bertz CT molecular complexity index is 363. The van der Waals surface area contributed by atoms with Crippen molar-refractivity contribution in [2.45, 2.75) is 19.8 Å². The van der Waals surface area contributed by atoms with Crippen molar-refractivity contribution in [3.8, 4) is 0 Å². The monoisotopic (exact) mass is 273 g/mol. The number of halogens is 1. The molecule has 1 N–H and O–H groups in total. The fourth-order valence-electron chi connectivity index (χ4n) is 1.61. The molecule has 0 radical (unpaired) electrons. The number of rotatable bonds is 8. The van der Waals surface area contributed by atoms with Crippen LogP contribution in [0.4, 0.5) is 5.82 Å². The Morgan fingerprint density at radius 1 is 1.39 bits per heavy atom. The minimum Gasteiger partial charge on any atom is -0.395 e. The Labute approximate surface area is 113 Å². The standard InChI is InChI=1S/C12H20ClN3O2/c1-3-4-11-14-10(13)9-12(15-11)16(5-7-17)6-8-18-2/h9,17H,3-8H2,1-2H3. The maximum Gasteiger partial charge on any atom is 0.134 e. The molecule has 0 unspecified atom stereocenters. The summed E-state index contributed by atoms with van der Waals surface area (Å²) in [6.07, 6.45) is 1.77. The summed E-state index contributed by atoms with van der Waals surface area (Å²) in [5.74, 6) is 1.48. The number of ether oxygens (including phenoxy) is 1. The van der Waals surface area contributed by atoms with E-state index in [1.54, 1.807) is 13.2 Å². The van der Waals surface area contributed by atoms with E-state index in [9.17, 15) is 0 Å². The zero-order valence-corrected chi connectivity index (χ0v) is 11.7. The summed E-state index contributed by atoms with van der Waals surface area (Å²) in [5, 5.41) is 9.51. The van der Waals surface area contributed by atoms with Crippen LogP contribution in [0, 0.1) is 0 Å². The minimum absolute atomic E-state index is 0.0639. The van der Waals surface area contributed by atoms with Crippen molar-refractivity contribution < 1.29 is 9.84 Å². The third kappa shape index (κ3) is 4.76. The highest BCUT2D eigenvalue weighted by Crippen LogP contribution is 2.16. The van der Waals surface area contributed by atoms with E-state index in [1.165, 1.54) is 0 Å². The second-order valence-electron chi connectivity index (χ2n) is 3.92. The van der Waals surface area contributed by atoms with Gasteiger partial charge in [-0.05, 0) is 6.42 Å². The summed E-state index contributed by atoms with van der Waals surface area (Å²) in [4.78, 5) is 10.6. The minimum atomic E-state index is 0.0639. The van der Waals surface area contributed by atoms with Gasteiger partial charge >= 0.3 is 0 Å². The van der Waals surface area contributed by atoms with Crippen molar-refractivity contribution in [3.05, 3.63) is 17.0 Å². The summed E-state index contributed by atoms with van der Waals surface area (Å²) in [6, 6.07) is 1.71. The third-order valence-corrected chi connectivity index (χ3v) is 2.65. The van der Waals surface area contributed by atoms with Gasteiger partial charge in [0, 0.05) is 32.7 Å². The first-order chi connectivity index (χ1) is 8.71. The van der Waals surface area contributed by atoms with E-state index < -0.39 is 0 Å². The fraction of sp³-hybridized carbons (Fsp3) is 0.667. The van der Waals surface area contributed by atoms with E-state index in [-0.39, 0.29) is 6.61 Å². The van der Waals surface area contributed by atoms with Gasteiger partial charge in [0.15, 0.2) is 0 Å². The molecule has 0 aliphatic rings. The van der Waals surface area contributed by atoms with E-state index in [0.29, 0.717) is 24.8 Å². The molecule has 5 nitrogen and oxygen atoms in total. The largest absolute Gasteiger partial charge is 0.395 e. The molecule has 0 saturated carbocycles. The van der Waals surface area contributed by atoms with Crippen LogP contribution in [0.5, 0.6) is 0 Å². The molecule has 102 valence electrons. The van der Waals surface area contributed by atoms with Gasteiger partial charge in [-0.15, -0.1) is 0 Å². The number of methoxy groups -OCH3 is 1. The Kier molecular flexibility index (Phi) is 6.93. The molecule has 0 atom stereocenters. The number of nitrogens with zero attached hydrogens (tertiary/aromatic N) is 3.